The van der Waals surface area contributed by atoms with Gasteiger partial charge in [0.1, 0.15) is 16.1 Å². The van der Waals surface area contributed by atoms with E-state index in [0.29, 0.717) is 18.8 Å². The Hall–Kier alpha value is -1.24. The van der Waals surface area contributed by atoms with Gasteiger partial charge in [-0.25, -0.2) is 4.79 Å². The Morgan fingerprint density at radius 2 is 2.20 bits per heavy atom. The number of nitrogens with one attached hydrogen (secondary N) is 1. The standard InChI is InChI=1S/C14H19NO4S/c1-14(2,3)20(18)15-11-7-8-19-12-9(11)5-4-6-10(12)13(16)17/h4-6,11,15H,7-8H2,1-3H3,(H,16,17)/t11?,20-/m0/s1. The summed E-state index contributed by atoms with van der Waals surface area (Å²) in [5.74, 6) is -0.630. The number of aromatic carboxylic acids is 1. The van der Waals surface area contributed by atoms with Gasteiger partial charge in [0.15, 0.2) is 0 Å². The van der Waals surface area contributed by atoms with E-state index in [0.717, 1.165) is 5.56 Å². The summed E-state index contributed by atoms with van der Waals surface area (Å²) >= 11 is -1.21. The number of carboxylic acids is 1. The molecule has 2 rings (SSSR count). The molecule has 0 saturated carbocycles. The maximum atomic E-state index is 12.2. The summed E-state index contributed by atoms with van der Waals surface area (Å²) in [6.07, 6.45) is 0.665. The minimum atomic E-state index is -1.21. The molecule has 1 aromatic rings. The number of hydrogen-bond donors (Lipinski definition) is 2. The molecule has 0 bridgehead atoms. The van der Waals surface area contributed by atoms with Gasteiger partial charge in [0.2, 0.25) is 0 Å². The predicted molar refractivity (Wildman–Crippen MR) is 77.3 cm³/mol. The molecule has 1 aliphatic heterocycles. The van der Waals surface area contributed by atoms with E-state index in [2.05, 4.69) is 4.72 Å². The molecule has 2 atom stereocenters. The highest BCUT2D eigenvalue weighted by atomic mass is 32.2. The van der Waals surface area contributed by atoms with Crippen molar-refractivity contribution in [3.8, 4) is 5.75 Å². The number of ether oxygens (including phenoxy) is 1. The molecule has 20 heavy (non-hydrogen) atoms. The van der Waals surface area contributed by atoms with Crippen molar-refractivity contribution in [2.45, 2.75) is 38.0 Å². The molecule has 0 saturated heterocycles. The molecule has 110 valence electrons. The molecule has 0 amide bonds. The zero-order chi connectivity index (χ0) is 14.9. The molecule has 0 aliphatic carbocycles. The van der Waals surface area contributed by atoms with Crippen molar-refractivity contribution in [2.24, 2.45) is 0 Å². The number of benzene rings is 1. The monoisotopic (exact) mass is 297 g/mol. The number of carbonyl (C=O) groups is 1. The summed E-state index contributed by atoms with van der Waals surface area (Å²) in [4.78, 5) is 11.2. The highest BCUT2D eigenvalue weighted by Crippen LogP contribution is 2.36. The van der Waals surface area contributed by atoms with Crippen LogP contribution in [0.3, 0.4) is 0 Å². The molecule has 1 heterocycles. The lowest BCUT2D eigenvalue weighted by atomic mass is 9.98. The van der Waals surface area contributed by atoms with Gasteiger partial charge in [-0.1, -0.05) is 12.1 Å². The van der Waals surface area contributed by atoms with E-state index in [1.54, 1.807) is 6.07 Å². The minimum absolute atomic E-state index is 0.149. The topological polar surface area (TPSA) is 81.6 Å². The van der Waals surface area contributed by atoms with Gasteiger partial charge in [0, 0.05) is 23.3 Å². The second-order valence-corrected chi connectivity index (χ2v) is 7.72. The fourth-order valence-electron chi connectivity index (χ4n) is 2.02. The van der Waals surface area contributed by atoms with Gasteiger partial charge < -0.3 is 14.4 Å². The number of carboxylic acid groups (broad SMARTS) is 1. The average Bonchev–Trinajstić information content (AvgIpc) is 2.37. The Bertz CT molecular complexity index is 512. The zero-order valence-corrected chi connectivity index (χ0v) is 12.6. The first kappa shape index (κ1) is 15.2. The van der Waals surface area contributed by atoms with Crippen LogP contribution in [0.25, 0.3) is 0 Å². The Morgan fingerprint density at radius 3 is 2.80 bits per heavy atom. The lowest BCUT2D eigenvalue weighted by Gasteiger charge is -2.31. The summed E-state index contributed by atoms with van der Waals surface area (Å²) in [5.41, 5.74) is 0.907. The van der Waals surface area contributed by atoms with E-state index in [1.807, 2.05) is 26.8 Å². The van der Waals surface area contributed by atoms with Crippen LogP contribution < -0.4 is 9.46 Å². The van der Waals surface area contributed by atoms with Crippen LogP contribution in [0.15, 0.2) is 18.2 Å². The van der Waals surface area contributed by atoms with E-state index >= 15 is 0 Å². The van der Waals surface area contributed by atoms with Gasteiger partial charge >= 0.3 is 5.97 Å². The summed E-state index contributed by atoms with van der Waals surface area (Å²) < 4.78 is 20.4. The largest absolute Gasteiger partial charge is 0.598 e. The lowest BCUT2D eigenvalue weighted by molar-refractivity contribution is 0.0690. The molecule has 0 spiro atoms. The first-order valence-electron chi connectivity index (χ1n) is 6.48. The Balaban J connectivity index is 2.29. The molecule has 0 fully saturated rings. The number of para-hydroxylation sites is 1. The van der Waals surface area contributed by atoms with Crippen molar-refractivity contribution in [1.82, 2.24) is 4.72 Å². The second-order valence-electron chi connectivity index (χ2n) is 5.72. The molecule has 1 aromatic carbocycles. The van der Waals surface area contributed by atoms with Gasteiger partial charge in [-0.15, -0.1) is 4.72 Å². The van der Waals surface area contributed by atoms with Gasteiger partial charge in [0.25, 0.3) is 0 Å². The first-order chi connectivity index (χ1) is 9.30. The average molecular weight is 297 g/mol. The molecular formula is C14H19NO4S. The first-order valence-corrected chi connectivity index (χ1v) is 7.62. The summed E-state index contributed by atoms with van der Waals surface area (Å²) in [5, 5.41) is 9.18. The van der Waals surface area contributed by atoms with Gasteiger partial charge in [-0.2, -0.15) is 0 Å². The second kappa shape index (κ2) is 5.63. The molecule has 5 nitrogen and oxygen atoms in total. The molecule has 1 unspecified atom stereocenters. The highest BCUT2D eigenvalue weighted by Gasteiger charge is 2.33. The number of fused-ring (bicyclic) bond motifs is 1. The summed E-state index contributed by atoms with van der Waals surface area (Å²) in [6, 6.07) is 4.87. The SMILES string of the molecule is CC(C)(C)[S@+]([O-])NC1CCOc2c(C(=O)O)cccc21. The van der Waals surface area contributed by atoms with Gasteiger partial charge in [-0.3, -0.25) is 0 Å². The van der Waals surface area contributed by atoms with E-state index in [-0.39, 0.29) is 16.4 Å². The molecule has 1 aliphatic rings. The third-order valence-electron chi connectivity index (χ3n) is 3.11. The summed E-state index contributed by atoms with van der Waals surface area (Å²) in [6.45, 7) is 6.09. The van der Waals surface area contributed by atoms with Crippen LogP contribution in [-0.2, 0) is 11.4 Å². The van der Waals surface area contributed by atoms with Crippen LogP contribution >= 0.6 is 0 Å². The van der Waals surface area contributed by atoms with E-state index in [4.69, 9.17) is 4.74 Å². The number of hydrogen-bond acceptors (Lipinski definition) is 4. The van der Waals surface area contributed by atoms with E-state index in [9.17, 15) is 14.5 Å². The Labute approximate surface area is 121 Å². The van der Waals surface area contributed by atoms with Gasteiger partial charge in [0.05, 0.1) is 12.6 Å². The Kier molecular flexibility index (Phi) is 4.27. The number of rotatable bonds is 3. The van der Waals surface area contributed by atoms with E-state index in [1.165, 1.54) is 6.07 Å². The quantitative estimate of drug-likeness (QED) is 0.836. The fraction of sp³-hybridized carbons (Fsp3) is 0.500. The van der Waals surface area contributed by atoms with Crippen molar-refractivity contribution in [2.75, 3.05) is 6.61 Å². The van der Waals surface area contributed by atoms with Crippen LogP contribution in [0.4, 0.5) is 0 Å². The maximum absolute atomic E-state index is 12.2. The molecular weight excluding hydrogens is 278 g/mol. The van der Waals surface area contributed by atoms with Crippen molar-refractivity contribution in [3.05, 3.63) is 29.3 Å². The van der Waals surface area contributed by atoms with Gasteiger partial charge in [-0.05, 0) is 26.8 Å². The third-order valence-corrected chi connectivity index (χ3v) is 4.72. The van der Waals surface area contributed by atoms with Crippen molar-refractivity contribution in [1.29, 1.82) is 0 Å². The van der Waals surface area contributed by atoms with Crippen molar-refractivity contribution < 1.29 is 19.2 Å². The zero-order valence-electron chi connectivity index (χ0n) is 11.8. The van der Waals surface area contributed by atoms with E-state index < -0.39 is 17.3 Å². The predicted octanol–water partition coefficient (Wildman–Crippen LogP) is 2.26. The fourth-order valence-corrected chi connectivity index (χ4v) is 2.88. The highest BCUT2D eigenvalue weighted by molar-refractivity contribution is 7.90. The minimum Gasteiger partial charge on any atom is -0.598 e. The lowest BCUT2D eigenvalue weighted by Crippen LogP contribution is -2.42. The van der Waals surface area contributed by atoms with Crippen LogP contribution in [-0.4, -0.2) is 27.0 Å². The normalized spacial score (nSPS) is 19.9. The van der Waals surface area contributed by atoms with Crippen LogP contribution in [0, 0.1) is 0 Å². The van der Waals surface area contributed by atoms with Crippen molar-refractivity contribution in [3.63, 3.8) is 0 Å². The van der Waals surface area contributed by atoms with Crippen LogP contribution in [0.5, 0.6) is 5.75 Å². The summed E-state index contributed by atoms with van der Waals surface area (Å²) in [7, 11) is 0. The smallest absolute Gasteiger partial charge is 0.339 e. The van der Waals surface area contributed by atoms with Crippen molar-refractivity contribution >= 4 is 17.3 Å². The van der Waals surface area contributed by atoms with Crippen LogP contribution in [0.2, 0.25) is 0 Å². The Morgan fingerprint density at radius 1 is 1.50 bits per heavy atom. The maximum Gasteiger partial charge on any atom is 0.339 e. The third kappa shape index (κ3) is 3.08. The van der Waals surface area contributed by atoms with Crippen LogP contribution in [0.1, 0.15) is 49.2 Å². The molecule has 0 radical (unpaired) electrons. The molecule has 0 aromatic heterocycles. The molecule has 6 heteroatoms. The molecule has 2 N–H and O–H groups in total.